The van der Waals surface area contributed by atoms with E-state index in [0.717, 1.165) is 0 Å². The third kappa shape index (κ3) is 3.18. The minimum absolute atomic E-state index is 0.0581. The second kappa shape index (κ2) is 6.19. The fourth-order valence-corrected chi connectivity index (χ4v) is 2.50. The van der Waals surface area contributed by atoms with E-state index in [2.05, 4.69) is 20.9 Å². The maximum Gasteiger partial charge on any atom is 0.275 e. The first-order chi connectivity index (χ1) is 9.40. The average molecular weight is 470 g/mol. The number of benzene rings is 1. The quantitative estimate of drug-likeness (QED) is 0.299. The first-order valence-corrected chi connectivity index (χ1v) is 7.48. The largest absolute Gasteiger partial charge is 0.294 e. The number of nitrogens with zero attached hydrogens (tertiary/aromatic N) is 3. The minimum atomic E-state index is -0.487. The molecule has 2 aromatic rings. The summed E-state index contributed by atoms with van der Waals surface area (Å²) in [7, 11) is 0. The number of nitro benzene ring substituents is 1. The van der Waals surface area contributed by atoms with E-state index in [1.54, 1.807) is 34.7 Å². The van der Waals surface area contributed by atoms with Crippen LogP contribution in [0.2, 0.25) is 5.15 Å². The Balaban J connectivity index is 2.48. The zero-order valence-corrected chi connectivity index (χ0v) is 14.2. The molecular formula is C11H6BrClIN3O3. The highest BCUT2D eigenvalue weighted by atomic mass is 127. The Morgan fingerprint density at radius 1 is 1.50 bits per heavy atom. The van der Waals surface area contributed by atoms with Crippen molar-refractivity contribution < 1.29 is 4.92 Å². The van der Waals surface area contributed by atoms with Crippen molar-refractivity contribution in [2.45, 2.75) is 6.54 Å². The Morgan fingerprint density at radius 2 is 2.20 bits per heavy atom. The van der Waals surface area contributed by atoms with Crippen LogP contribution in [0.3, 0.4) is 0 Å². The Labute approximate surface area is 140 Å². The summed E-state index contributed by atoms with van der Waals surface area (Å²) < 4.78 is 2.17. The van der Waals surface area contributed by atoms with Crippen LogP contribution in [0.1, 0.15) is 5.56 Å². The fraction of sp³-hybridized carbons (Fsp3) is 0.0909. The molecule has 0 aliphatic rings. The monoisotopic (exact) mass is 469 g/mol. The van der Waals surface area contributed by atoms with Gasteiger partial charge in [-0.05, 0) is 34.7 Å². The lowest BCUT2D eigenvalue weighted by atomic mass is 10.2. The molecule has 0 bridgehead atoms. The van der Waals surface area contributed by atoms with Crippen LogP contribution in [0, 0.1) is 13.7 Å². The van der Waals surface area contributed by atoms with Crippen molar-refractivity contribution in [3.63, 3.8) is 0 Å². The van der Waals surface area contributed by atoms with Crippen LogP contribution < -0.4 is 5.56 Å². The number of hydrogen-bond donors (Lipinski definition) is 0. The lowest BCUT2D eigenvalue weighted by Crippen LogP contribution is -2.24. The van der Waals surface area contributed by atoms with Gasteiger partial charge in [-0.2, -0.15) is 0 Å². The molecule has 2 rings (SSSR count). The highest BCUT2D eigenvalue weighted by Crippen LogP contribution is 2.24. The number of nitro groups is 1. The van der Waals surface area contributed by atoms with Gasteiger partial charge in [0.1, 0.15) is 8.72 Å². The maximum absolute atomic E-state index is 12.0. The third-order valence-electron chi connectivity index (χ3n) is 2.52. The highest BCUT2D eigenvalue weighted by Gasteiger charge is 2.16. The molecular weight excluding hydrogens is 464 g/mol. The number of rotatable bonds is 3. The van der Waals surface area contributed by atoms with Gasteiger partial charge in [0, 0.05) is 16.1 Å². The summed E-state index contributed by atoms with van der Waals surface area (Å²) in [4.78, 5) is 26.4. The van der Waals surface area contributed by atoms with Crippen molar-refractivity contribution in [3.05, 3.63) is 63.8 Å². The van der Waals surface area contributed by atoms with Crippen LogP contribution in [-0.4, -0.2) is 14.5 Å². The first kappa shape index (κ1) is 15.4. The van der Waals surface area contributed by atoms with Gasteiger partial charge < -0.3 is 0 Å². The van der Waals surface area contributed by atoms with Crippen molar-refractivity contribution in [1.29, 1.82) is 0 Å². The standard InChI is InChI=1S/C11H6BrClIN3O3/c12-7-2-1-6(8(3-7)17(19)20)4-16-5-15-10(13)9(14)11(16)18/h1-3,5H,4H2. The second-order valence-corrected chi connectivity index (χ2v) is 6.16. The summed E-state index contributed by atoms with van der Waals surface area (Å²) in [5.74, 6) is 0. The molecule has 0 saturated carbocycles. The molecule has 1 aromatic carbocycles. The van der Waals surface area contributed by atoms with Crippen LogP contribution in [0.15, 0.2) is 33.8 Å². The Hall–Kier alpha value is -1.00. The molecule has 0 unspecified atom stereocenters. The summed E-state index contributed by atoms with van der Waals surface area (Å²) >= 11 is 10.7. The van der Waals surface area contributed by atoms with E-state index in [1.807, 2.05) is 0 Å². The van der Waals surface area contributed by atoms with E-state index < -0.39 is 4.92 Å². The van der Waals surface area contributed by atoms with Gasteiger partial charge in [-0.15, -0.1) is 0 Å². The molecule has 0 fully saturated rings. The molecule has 1 heterocycles. The minimum Gasteiger partial charge on any atom is -0.294 e. The molecule has 6 nitrogen and oxygen atoms in total. The molecule has 9 heteroatoms. The molecule has 0 spiro atoms. The van der Waals surface area contributed by atoms with Crippen LogP contribution in [0.4, 0.5) is 5.69 Å². The smallest absolute Gasteiger partial charge is 0.275 e. The van der Waals surface area contributed by atoms with Gasteiger partial charge in [0.15, 0.2) is 0 Å². The lowest BCUT2D eigenvalue weighted by molar-refractivity contribution is -0.385. The second-order valence-electron chi connectivity index (χ2n) is 3.81. The van der Waals surface area contributed by atoms with Crippen molar-refractivity contribution >= 4 is 55.8 Å². The Kier molecular flexibility index (Phi) is 4.76. The molecule has 0 amide bonds. The fourth-order valence-electron chi connectivity index (χ4n) is 1.58. The normalized spacial score (nSPS) is 10.6. The summed E-state index contributed by atoms with van der Waals surface area (Å²) in [6, 6.07) is 4.67. The van der Waals surface area contributed by atoms with Crippen molar-refractivity contribution in [1.82, 2.24) is 9.55 Å². The molecule has 0 aliphatic heterocycles. The topological polar surface area (TPSA) is 78.0 Å². The van der Waals surface area contributed by atoms with Crippen LogP contribution in [0.25, 0.3) is 0 Å². The van der Waals surface area contributed by atoms with E-state index in [1.165, 1.54) is 17.0 Å². The molecule has 20 heavy (non-hydrogen) atoms. The summed E-state index contributed by atoms with van der Waals surface area (Å²) in [5, 5.41) is 11.2. The molecule has 104 valence electrons. The van der Waals surface area contributed by atoms with Gasteiger partial charge in [0.25, 0.3) is 11.2 Å². The molecule has 0 radical (unpaired) electrons. The lowest BCUT2D eigenvalue weighted by Gasteiger charge is -2.07. The summed E-state index contributed by atoms with van der Waals surface area (Å²) in [5.41, 5.74) is 0.0271. The molecule has 0 atom stereocenters. The summed E-state index contributed by atoms with van der Waals surface area (Å²) in [6.07, 6.45) is 1.28. The predicted octanol–water partition coefficient (Wildman–Crippen LogP) is 3.22. The van der Waals surface area contributed by atoms with E-state index in [4.69, 9.17) is 11.6 Å². The van der Waals surface area contributed by atoms with Gasteiger partial charge in [-0.3, -0.25) is 19.5 Å². The third-order valence-corrected chi connectivity index (χ3v) is 4.60. The van der Waals surface area contributed by atoms with E-state index in [0.29, 0.717) is 10.0 Å². The molecule has 0 saturated heterocycles. The van der Waals surface area contributed by atoms with E-state index in [9.17, 15) is 14.9 Å². The van der Waals surface area contributed by atoms with Gasteiger partial charge in [-0.25, -0.2) is 4.98 Å². The first-order valence-electron chi connectivity index (χ1n) is 5.23. The van der Waals surface area contributed by atoms with Gasteiger partial charge >= 0.3 is 0 Å². The van der Waals surface area contributed by atoms with Crippen LogP contribution in [0.5, 0.6) is 0 Å². The molecule has 0 aliphatic carbocycles. The zero-order chi connectivity index (χ0) is 14.9. The van der Waals surface area contributed by atoms with Gasteiger partial charge in [0.05, 0.1) is 17.8 Å². The average Bonchev–Trinajstić information content (AvgIpc) is 2.41. The number of aromatic nitrogens is 2. The Bertz CT molecular complexity index is 750. The highest BCUT2D eigenvalue weighted by molar-refractivity contribution is 14.1. The SMILES string of the molecule is O=c1c(I)c(Cl)ncn1Cc1ccc(Br)cc1[N+](=O)[O-]. The predicted molar refractivity (Wildman–Crippen MR) is 86.1 cm³/mol. The number of halogens is 3. The van der Waals surface area contributed by atoms with E-state index in [-0.39, 0.29) is 26.5 Å². The zero-order valence-electron chi connectivity index (χ0n) is 9.72. The summed E-state index contributed by atoms with van der Waals surface area (Å²) in [6.45, 7) is 0.0581. The van der Waals surface area contributed by atoms with Crippen molar-refractivity contribution in [2.24, 2.45) is 0 Å². The van der Waals surface area contributed by atoms with Crippen LogP contribution in [-0.2, 0) is 6.54 Å². The number of hydrogen-bond acceptors (Lipinski definition) is 4. The van der Waals surface area contributed by atoms with Crippen molar-refractivity contribution in [3.8, 4) is 0 Å². The van der Waals surface area contributed by atoms with Gasteiger partial charge in [0.2, 0.25) is 0 Å². The maximum atomic E-state index is 12.0. The van der Waals surface area contributed by atoms with Crippen LogP contribution >= 0.6 is 50.1 Å². The molecule has 1 aromatic heterocycles. The van der Waals surface area contributed by atoms with Crippen molar-refractivity contribution in [2.75, 3.05) is 0 Å². The van der Waals surface area contributed by atoms with E-state index >= 15 is 0 Å². The van der Waals surface area contributed by atoms with Gasteiger partial charge in [-0.1, -0.05) is 27.5 Å². The molecule has 0 N–H and O–H groups in total. The Morgan fingerprint density at radius 3 is 2.85 bits per heavy atom.